The van der Waals surface area contributed by atoms with Crippen molar-refractivity contribution < 1.29 is 23.8 Å². The maximum atomic E-state index is 14.2. The van der Waals surface area contributed by atoms with E-state index in [4.69, 9.17) is 14.2 Å². The predicted molar refractivity (Wildman–Crippen MR) is 179 cm³/mol. The van der Waals surface area contributed by atoms with Crippen LogP contribution in [0.4, 0.5) is 5.69 Å². The molecule has 0 unspecified atom stereocenters. The van der Waals surface area contributed by atoms with Crippen LogP contribution in [0.3, 0.4) is 0 Å². The summed E-state index contributed by atoms with van der Waals surface area (Å²) >= 11 is 0. The summed E-state index contributed by atoms with van der Waals surface area (Å²) in [7, 11) is 4.83. The number of hydrogen-bond donors (Lipinski definition) is 1. The van der Waals surface area contributed by atoms with Gasteiger partial charge >= 0.3 is 0 Å². The van der Waals surface area contributed by atoms with Crippen molar-refractivity contribution in [3.63, 3.8) is 0 Å². The number of amides is 2. The highest BCUT2D eigenvalue weighted by Crippen LogP contribution is 2.35. The first-order valence-corrected chi connectivity index (χ1v) is 15.2. The number of rotatable bonds is 9. The Labute approximate surface area is 269 Å². The number of methoxy groups -OCH3 is 3. The van der Waals surface area contributed by atoms with Gasteiger partial charge in [-0.25, -0.2) is 0 Å². The number of ether oxygens (including phenoxy) is 3. The predicted octanol–water partition coefficient (Wildman–Crippen LogP) is 6.67. The molecular weight excluding hydrogens is 578 g/mol. The van der Waals surface area contributed by atoms with Crippen LogP contribution in [0.2, 0.25) is 0 Å². The Bertz CT molecular complexity index is 1910. The number of nitrogens with one attached hydrogen (secondary N) is 1. The van der Waals surface area contributed by atoms with Crippen molar-refractivity contribution in [2.24, 2.45) is 0 Å². The second kappa shape index (κ2) is 13.2. The van der Waals surface area contributed by atoms with E-state index in [1.54, 1.807) is 26.2 Å². The summed E-state index contributed by atoms with van der Waals surface area (Å²) in [5, 5.41) is 3.06. The molecule has 0 radical (unpaired) electrons. The molecule has 1 N–H and O–H groups in total. The van der Waals surface area contributed by atoms with E-state index in [2.05, 4.69) is 24.4 Å². The highest BCUT2D eigenvalue weighted by Gasteiger charge is 2.28. The van der Waals surface area contributed by atoms with Crippen molar-refractivity contribution in [1.29, 1.82) is 0 Å². The molecule has 1 aliphatic heterocycles. The maximum Gasteiger partial charge on any atom is 0.267 e. The van der Waals surface area contributed by atoms with Gasteiger partial charge in [0.05, 0.1) is 34.4 Å². The zero-order valence-corrected chi connectivity index (χ0v) is 26.5. The van der Waals surface area contributed by atoms with Crippen molar-refractivity contribution >= 4 is 17.5 Å². The molecule has 234 valence electrons. The zero-order valence-electron chi connectivity index (χ0n) is 26.5. The minimum Gasteiger partial charge on any atom is -0.496 e. The first-order valence-electron chi connectivity index (χ1n) is 15.2. The van der Waals surface area contributed by atoms with Gasteiger partial charge in [0.1, 0.15) is 11.4 Å². The SMILES string of the molecule is COc1ccc(CCNC(=O)c2ccc3n2Cc2ccccc2N(C(=O)c2ccc(-c4ccccc4C)c(OC)c2)C3)cc1OC. The lowest BCUT2D eigenvalue weighted by Gasteiger charge is -2.23. The minimum atomic E-state index is -0.166. The number of carbonyl (C=O) groups excluding carboxylic acids is 2. The smallest absolute Gasteiger partial charge is 0.267 e. The van der Waals surface area contributed by atoms with Crippen molar-refractivity contribution in [3.8, 4) is 28.4 Å². The zero-order chi connectivity index (χ0) is 32.2. The second-order valence-corrected chi connectivity index (χ2v) is 11.2. The van der Waals surface area contributed by atoms with Crippen LogP contribution >= 0.6 is 0 Å². The molecule has 0 atom stereocenters. The topological polar surface area (TPSA) is 82.0 Å². The lowest BCUT2D eigenvalue weighted by Crippen LogP contribution is -2.31. The van der Waals surface area contributed by atoms with Gasteiger partial charge in [-0.3, -0.25) is 9.59 Å². The van der Waals surface area contributed by atoms with Crippen LogP contribution in [0.1, 0.15) is 43.2 Å². The van der Waals surface area contributed by atoms with E-state index < -0.39 is 0 Å². The monoisotopic (exact) mass is 615 g/mol. The van der Waals surface area contributed by atoms with E-state index >= 15 is 0 Å². The van der Waals surface area contributed by atoms with Crippen LogP contribution in [0.5, 0.6) is 17.2 Å². The summed E-state index contributed by atoms with van der Waals surface area (Å²) in [5.41, 5.74) is 7.87. The first-order chi connectivity index (χ1) is 22.4. The quantitative estimate of drug-likeness (QED) is 0.200. The number of carbonyl (C=O) groups is 2. The molecule has 6 rings (SSSR count). The Kier molecular flexibility index (Phi) is 8.79. The largest absolute Gasteiger partial charge is 0.496 e. The number of nitrogens with zero attached hydrogens (tertiary/aromatic N) is 2. The number of benzene rings is 4. The highest BCUT2D eigenvalue weighted by atomic mass is 16.5. The number of aromatic nitrogens is 1. The summed E-state index contributed by atoms with van der Waals surface area (Å²) in [6, 6.07) is 31.1. The molecule has 46 heavy (non-hydrogen) atoms. The molecule has 0 aliphatic carbocycles. The third-order valence-electron chi connectivity index (χ3n) is 8.51. The Morgan fingerprint density at radius 1 is 0.739 bits per heavy atom. The van der Waals surface area contributed by atoms with Crippen LogP contribution in [0.25, 0.3) is 11.1 Å². The van der Waals surface area contributed by atoms with Gasteiger partial charge in [-0.15, -0.1) is 0 Å². The van der Waals surface area contributed by atoms with Gasteiger partial charge in [0.2, 0.25) is 0 Å². The highest BCUT2D eigenvalue weighted by molar-refractivity contribution is 6.07. The Morgan fingerprint density at radius 3 is 2.28 bits per heavy atom. The average Bonchev–Trinajstić information content (AvgIpc) is 3.40. The fraction of sp³-hybridized carbons (Fsp3) is 0.211. The van der Waals surface area contributed by atoms with Crippen LogP contribution in [0, 0.1) is 6.92 Å². The van der Waals surface area contributed by atoms with Gasteiger partial charge < -0.3 is 29.0 Å². The molecule has 0 bridgehead atoms. The van der Waals surface area contributed by atoms with E-state index in [1.165, 1.54) is 0 Å². The van der Waals surface area contributed by atoms with Crippen LogP contribution in [-0.4, -0.2) is 44.3 Å². The first kappa shape index (κ1) is 30.5. The molecular formula is C38H37N3O5. The molecule has 5 aromatic rings. The fourth-order valence-corrected chi connectivity index (χ4v) is 6.06. The number of hydrogen-bond acceptors (Lipinski definition) is 5. The molecule has 4 aromatic carbocycles. The molecule has 8 nitrogen and oxygen atoms in total. The average molecular weight is 616 g/mol. The summed E-state index contributed by atoms with van der Waals surface area (Å²) < 4.78 is 18.5. The molecule has 0 saturated heterocycles. The van der Waals surface area contributed by atoms with Crippen molar-refractivity contribution in [3.05, 3.63) is 131 Å². The Morgan fingerprint density at radius 2 is 1.50 bits per heavy atom. The number of aryl methyl sites for hydroxylation is 1. The van der Waals surface area contributed by atoms with E-state index in [0.29, 0.717) is 54.6 Å². The molecule has 1 aromatic heterocycles. The number of para-hydroxylation sites is 1. The van der Waals surface area contributed by atoms with E-state index in [0.717, 1.165) is 39.2 Å². The normalized spacial score (nSPS) is 12.0. The molecule has 0 spiro atoms. The second-order valence-electron chi connectivity index (χ2n) is 11.2. The van der Waals surface area contributed by atoms with Gasteiger partial charge in [0, 0.05) is 29.1 Å². The number of fused-ring (bicyclic) bond motifs is 2. The standard InChI is InChI=1S/C38H37N3O5/c1-25-9-5-7-11-30(25)31-16-14-27(22-35(31)45-3)38(43)41-24-29-15-17-33(40(29)23-28-10-6-8-12-32(28)41)37(42)39-20-19-26-13-18-34(44-2)36(21-26)46-4/h5-18,21-22H,19-20,23-24H2,1-4H3,(H,39,42). The van der Waals surface area contributed by atoms with E-state index in [-0.39, 0.29) is 11.8 Å². The van der Waals surface area contributed by atoms with Crippen LogP contribution in [0.15, 0.2) is 97.1 Å². The fourth-order valence-electron chi connectivity index (χ4n) is 6.06. The van der Waals surface area contributed by atoms with Crippen LogP contribution < -0.4 is 24.4 Å². The minimum absolute atomic E-state index is 0.141. The van der Waals surface area contributed by atoms with Gasteiger partial charge in [0.15, 0.2) is 11.5 Å². The van der Waals surface area contributed by atoms with Crippen molar-refractivity contribution in [2.75, 3.05) is 32.8 Å². The lowest BCUT2D eigenvalue weighted by molar-refractivity contribution is 0.0944. The molecule has 8 heteroatoms. The lowest BCUT2D eigenvalue weighted by atomic mass is 9.98. The molecule has 2 amide bonds. The summed E-state index contributed by atoms with van der Waals surface area (Å²) in [6.45, 7) is 3.30. The maximum absolute atomic E-state index is 14.2. The van der Waals surface area contributed by atoms with E-state index in [9.17, 15) is 9.59 Å². The van der Waals surface area contributed by atoms with Gasteiger partial charge in [-0.1, -0.05) is 48.5 Å². The molecule has 2 heterocycles. The molecule has 0 fully saturated rings. The van der Waals surface area contributed by atoms with Gasteiger partial charge in [-0.05, 0) is 84.1 Å². The van der Waals surface area contributed by atoms with Gasteiger partial charge in [-0.2, -0.15) is 0 Å². The third kappa shape index (κ3) is 5.94. The van der Waals surface area contributed by atoms with Crippen LogP contribution in [-0.2, 0) is 19.5 Å². The van der Waals surface area contributed by atoms with Gasteiger partial charge in [0.25, 0.3) is 11.8 Å². The van der Waals surface area contributed by atoms with Crippen molar-refractivity contribution in [1.82, 2.24) is 9.88 Å². The third-order valence-corrected chi connectivity index (χ3v) is 8.51. The summed E-state index contributed by atoms with van der Waals surface area (Å²) in [5.74, 6) is 1.65. The van der Waals surface area contributed by atoms with Crippen molar-refractivity contribution in [2.45, 2.75) is 26.4 Å². The van der Waals surface area contributed by atoms with E-state index in [1.807, 2.05) is 89.5 Å². The summed E-state index contributed by atoms with van der Waals surface area (Å²) in [6.07, 6.45) is 0.636. The molecule has 1 aliphatic rings. The Hall–Kier alpha value is -5.50. The Balaban J connectivity index is 1.24. The summed E-state index contributed by atoms with van der Waals surface area (Å²) in [4.78, 5) is 29.4. The number of anilines is 1. The molecule has 0 saturated carbocycles.